The maximum atomic E-state index is 12.4. The van der Waals surface area contributed by atoms with Gasteiger partial charge in [0.05, 0.1) is 5.92 Å². The summed E-state index contributed by atoms with van der Waals surface area (Å²) in [6.07, 6.45) is -2.59. The number of piperidine rings is 1. The number of rotatable bonds is 7. The van der Waals surface area contributed by atoms with Crippen LogP contribution in [0.5, 0.6) is 5.75 Å². The van der Waals surface area contributed by atoms with E-state index in [4.69, 9.17) is 5.73 Å². The number of likely N-dealkylation sites (tertiary alicyclic amines) is 1. The highest BCUT2D eigenvalue weighted by Gasteiger charge is 2.31. The van der Waals surface area contributed by atoms with Crippen LogP contribution in [0, 0.1) is 5.92 Å². The normalized spacial score (nSPS) is 16.9. The van der Waals surface area contributed by atoms with Crippen molar-refractivity contribution >= 4 is 24.2 Å². The van der Waals surface area contributed by atoms with Crippen molar-refractivity contribution in [2.24, 2.45) is 11.7 Å². The minimum atomic E-state index is -4.72. The molecule has 0 aliphatic carbocycles. The second-order valence-electron chi connectivity index (χ2n) is 6.45. The number of halogens is 4. The molecule has 6 nitrogen and oxygen atoms in total. The molecular formula is C18H25ClF3N3O3. The number of alkyl halides is 3. The lowest BCUT2D eigenvalue weighted by molar-refractivity contribution is -0.274. The Balaban J connectivity index is 0.00000392. The zero-order chi connectivity index (χ0) is 19.9. The zero-order valence-corrected chi connectivity index (χ0v) is 16.2. The van der Waals surface area contributed by atoms with Crippen molar-refractivity contribution in [1.82, 2.24) is 10.2 Å². The number of nitrogens with zero attached hydrogens (tertiary/aromatic N) is 1. The van der Waals surface area contributed by atoms with Crippen LogP contribution in [-0.4, -0.2) is 49.3 Å². The highest BCUT2D eigenvalue weighted by molar-refractivity contribution is 5.85. The standard InChI is InChI=1S/C18H24F3N3O3.ClH/c19-18(20,21)27-15-6-3-13(4-7-15)5-8-16(25)24-11-1-2-14(12-24)17(26)23-10-9-22;/h3-4,6-7,14H,1-2,5,8-12,22H2,(H,23,26);1H. The maximum Gasteiger partial charge on any atom is 0.573 e. The molecule has 0 bridgehead atoms. The summed E-state index contributed by atoms with van der Waals surface area (Å²) in [6, 6.07) is 5.47. The van der Waals surface area contributed by atoms with Gasteiger partial charge in [0.25, 0.3) is 0 Å². The summed E-state index contributed by atoms with van der Waals surface area (Å²) in [5.41, 5.74) is 6.12. The van der Waals surface area contributed by atoms with Gasteiger partial charge in [-0.25, -0.2) is 0 Å². The number of hydrogen-bond donors (Lipinski definition) is 2. The second-order valence-corrected chi connectivity index (χ2v) is 6.45. The van der Waals surface area contributed by atoms with Gasteiger partial charge in [0.1, 0.15) is 5.75 Å². The fraction of sp³-hybridized carbons (Fsp3) is 0.556. The Bertz CT molecular complexity index is 641. The Labute approximate surface area is 168 Å². The third-order valence-corrected chi connectivity index (χ3v) is 4.37. The van der Waals surface area contributed by atoms with Crippen LogP contribution >= 0.6 is 12.4 Å². The Morgan fingerprint density at radius 3 is 2.54 bits per heavy atom. The lowest BCUT2D eigenvalue weighted by Gasteiger charge is -2.32. The van der Waals surface area contributed by atoms with Crippen LogP contribution in [0.25, 0.3) is 0 Å². The smallest absolute Gasteiger partial charge is 0.406 e. The van der Waals surface area contributed by atoms with Crippen LogP contribution in [0.1, 0.15) is 24.8 Å². The number of aryl methyl sites for hydroxylation is 1. The van der Waals surface area contributed by atoms with Crippen LogP contribution in [0.4, 0.5) is 13.2 Å². The van der Waals surface area contributed by atoms with Gasteiger partial charge in [0, 0.05) is 32.6 Å². The summed E-state index contributed by atoms with van der Waals surface area (Å²) < 4.78 is 40.3. The summed E-state index contributed by atoms with van der Waals surface area (Å²) in [7, 11) is 0. The Morgan fingerprint density at radius 2 is 1.93 bits per heavy atom. The molecule has 28 heavy (non-hydrogen) atoms. The molecule has 10 heteroatoms. The summed E-state index contributed by atoms with van der Waals surface area (Å²) >= 11 is 0. The van der Waals surface area contributed by atoms with Crippen LogP contribution in [0.2, 0.25) is 0 Å². The van der Waals surface area contributed by atoms with Gasteiger partial charge in [-0.3, -0.25) is 9.59 Å². The molecule has 2 amide bonds. The average molecular weight is 424 g/mol. The van der Waals surface area contributed by atoms with E-state index in [-0.39, 0.29) is 42.3 Å². The number of carbonyl (C=O) groups excluding carboxylic acids is 2. The van der Waals surface area contributed by atoms with Crippen molar-refractivity contribution in [2.75, 3.05) is 26.2 Å². The van der Waals surface area contributed by atoms with Gasteiger partial charge in [-0.15, -0.1) is 25.6 Å². The van der Waals surface area contributed by atoms with Crippen LogP contribution in [0.3, 0.4) is 0 Å². The average Bonchev–Trinajstić information content (AvgIpc) is 2.64. The van der Waals surface area contributed by atoms with Gasteiger partial charge in [0.2, 0.25) is 11.8 Å². The van der Waals surface area contributed by atoms with Gasteiger partial charge < -0.3 is 20.7 Å². The first-order chi connectivity index (χ1) is 12.8. The molecule has 0 spiro atoms. The number of carbonyl (C=O) groups is 2. The van der Waals surface area contributed by atoms with Crippen molar-refractivity contribution in [3.8, 4) is 5.75 Å². The van der Waals surface area contributed by atoms with Gasteiger partial charge in [-0.2, -0.15) is 0 Å². The number of ether oxygens (including phenoxy) is 1. The van der Waals surface area contributed by atoms with E-state index in [9.17, 15) is 22.8 Å². The first-order valence-corrected chi connectivity index (χ1v) is 8.88. The Morgan fingerprint density at radius 1 is 1.25 bits per heavy atom. The van der Waals surface area contributed by atoms with Crippen molar-refractivity contribution in [3.05, 3.63) is 29.8 Å². The summed E-state index contributed by atoms with van der Waals surface area (Å²) in [5, 5.41) is 2.75. The number of hydrogen-bond acceptors (Lipinski definition) is 4. The first kappa shape index (κ1) is 24.0. The topological polar surface area (TPSA) is 84.7 Å². The minimum Gasteiger partial charge on any atom is -0.406 e. The summed E-state index contributed by atoms with van der Waals surface area (Å²) in [6.45, 7) is 1.77. The van der Waals surface area contributed by atoms with Crippen LogP contribution in [-0.2, 0) is 16.0 Å². The van der Waals surface area contributed by atoms with E-state index in [2.05, 4.69) is 10.1 Å². The van der Waals surface area contributed by atoms with E-state index < -0.39 is 6.36 Å². The van der Waals surface area contributed by atoms with Crippen molar-refractivity contribution in [2.45, 2.75) is 32.0 Å². The van der Waals surface area contributed by atoms with Crippen LogP contribution in [0.15, 0.2) is 24.3 Å². The second kappa shape index (κ2) is 11.1. The van der Waals surface area contributed by atoms with E-state index in [1.54, 1.807) is 4.90 Å². The molecule has 3 N–H and O–H groups in total. The number of benzene rings is 1. The van der Waals surface area contributed by atoms with E-state index in [0.717, 1.165) is 18.4 Å². The third kappa shape index (κ3) is 7.93. The maximum absolute atomic E-state index is 12.4. The lowest BCUT2D eigenvalue weighted by atomic mass is 9.96. The van der Waals surface area contributed by atoms with E-state index in [1.165, 1.54) is 24.3 Å². The highest BCUT2D eigenvalue weighted by Crippen LogP contribution is 2.23. The number of nitrogens with one attached hydrogen (secondary N) is 1. The van der Waals surface area contributed by atoms with Crippen molar-refractivity contribution in [1.29, 1.82) is 0 Å². The number of amides is 2. The predicted molar refractivity (Wildman–Crippen MR) is 100 cm³/mol. The summed E-state index contributed by atoms with van der Waals surface area (Å²) in [5.74, 6) is -0.673. The van der Waals surface area contributed by atoms with E-state index in [0.29, 0.717) is 32.6 Å². The van der Waals surface area contributed by atoms with Gasteiger partial charge in [-0.1, -0.05) is 12.1 Å². The molecule has 1 unspecified atom stereocenters. The molecule has 1 heterocycles. The predicted octanol–water partition coefficient (Wildman–Crippen LogP) is 2.25. The van der Waals surface area contributed by atoms with Crippen molar-refractivity contribution in [3.63, 3.8) is 0 Å². The van der Waals surface area contributed by atoms with Crippen molar-refractivity contribution < 1.29 is 27.5 Å². The molecular weight excluding hydrogens is 399 g/mol. The monoisotopic (exact) mass is 423 g/mol. The van der Waals surface area contributed by atoms with E-state index in [1.807, 2.05) is 0 Å². The zero-order valence-electron chi connectivity index (χ0n) is 15.3. The molecule has 0 aromatic heterocycles. The molecule has 1 aliphatic heterocycles. The SMILES string of the molecule is Cl.NCCNC(=O)C1CCCN(C(=O)CCc2ccc(OC(F)(F)F)cc2)C1. The fourth-order valence-electron chi connectivity index (χ4n) is 3.02. The molecule has 1 atom stereocenters. The lowest BCUT2D eigenvalue weighted by Crippen LogP contribution is -2.46. The third-order valence-electron chi connectivity index (χ3n) is 4.37. The van der Waals surface area contributed by atoms with E-state index >= 15 is 0 Å². The minimum absolute atomic E-state index is 0. The molecule has 0 saturated carbocycles. The Hall–Kier alpha value is -2.00. The van der Waals surface area contributed by atoms with Gasteiger partial charge in [0.15, 0.2) is 0 Å². The Kier molecular flexibility index (Phi) is 9.54. The fourth-order valence-corrected chi connectivity index (χ4v) is 3.02. The molecule has 1 aliphatic rings. The number of nitrogens with two attached hydrogens (primary N) is 1. The molecule has 2 rings (SSSR count). The molecule has 158 valence electrons. The van der Waals surface area contributed by atoms with Gasteiger partial charge >= 0.3 is 6.36 Å². The molecule has 1 aromatic carbocycles. The quantitative estimate of drug-likeness (QED) is 0.704. The molecule has 1 aromatic rings. The molecule has 1 fully saturated rings. The van der Waals surface area contributed by atoms with Crippen LogP contribution < -0.4 is 15.8 Å². The molecule has 1 saturated heterocycles. The molecule has 0 radical (unpaired) electrons. The van der Waals surface area contributed by atoms with Gasteiger partial charge in [-0.05, 0) is 37.0 Å². The summed E-state index contributed by atoms with van der Waals surface area (Å²) in [4.78, 5) is 26.1. The first-order valence-electron chi connectivity index (χ1n) is 8.88. The highest BCUT2D eigenvalue weighted by atomic mass is 35.5. The largest absolute Gasteiger partial charge is 0.573 e.